The number of nitrogens with zero attached hydrogens (tertiary/aromatic N) is 1. The summed E-state index contributed by atoms with van der Waals surface area (Å²) in [5.74, 6) is 3.64. The maximum absolute atomic E-state index is 5.65. The molecule has 128 valence electrons. The van der Waals surface area contributed by atoms with Gasteiger partial charge in [0.05, 0.1) is 12.6 Å². The van der Waals surface area contributed by atoms with Crippen LogP contribution in [-0.4, -0.2) is 26.2 Å². The normalized spacial score (nSPS) is 14.9. The Morgan fingerprint density at radius 2 is 2.17 bits per heavy atom. The Hall–Kier alpha value is -2.43. The van der Waals surface area contributed by atoms with E-state index < -0.39 is 0 Å². The first kappa shape index (κ1) is 16.4. The average molecular weight is 327 g/mol. The van der Waals surface area contributed by atoms with E-state index in [0.717, 1.165) is 49.2 Å². The lowest BCUT2D eigenvalue weighted by Crippen LogP contribution is -2.39. The van der Waals surface area contributed by atoms with E-state index >= 15 is 0 Å². The second-order valence-electron chi connectivity index (χ2n) is 6.10. The highest BCUT2D eigenvalue weighted by atomic mass is 16.5. The second kappa shape index (κ2) is 7.43. The molecule has 1 atom stereocenters. The highest BCUT2D eigenvalue weighted by Crippen LogP contribution is 2.25. The molecule has 1 aromatic carbocycles. The fourth-order valence-corrected chi connectivity index (χ4v) is 2.88. The molecule has 24 heavy (non-hydrogen) atoms. The molecule has 5 heteroatoms. The van der Waals surface area contributed by atoms with Gasteiger partial charge in [-0.05, 0) is 49.6 Å². The molecule has 0 aliphatic carbocycles. The quantitative estimate of drug-likeness (QED) is 0.655. The summed E-state index contributed by atoms with van der Waals surface area (Å²) in [4.78, 5) is 4.28. The standard InChI is InChI=1S/C19H25N3O2/c1-13-4-6-17(24-13)14(2)22-19(20-3)21-10-8-15-5-7-18-16(12-15)9-11-23-18/h4-7,12,14H,8-11H2,1-3H3,(H2,20,21,22)/t14-/m0/s1. The highest BCUT2D eigenvalue weighted by Gasteiger charge is 2.13. The van der Waals surface area contributed by atoms with Crippen molar-refractivity contribution in [1.29, 1.82) is 0 Å². The molecule has 0 spiro atoms. The molecule has 0 fully saturated rings. The highest BCUT2D eigenvalue weighted by molar-refractivity contribution is 5.80. The Bertz CT molecular complexity index is 721. The van der Waals surface area contributed by atoms with Gasteiger partial charge in [0.25, 0.3) is 0 Å². The molecule has 1 aromatic heterocycles. The Morgan fingerprint density at radius 3 is 2.92 bits per heavy atom. The Kier molecular flexibility index (Phi) is 5.08. The summed E-state index contributed by atoms with van der Waals surface area (Å²) in [5, 5.41) is 6.71. The average Bonchev–Trinajstić information content (AvgIpc) is 3.22. The van der Waals surface area contributed by atoms with Gasteiger partial charge in [-0.1, -0.05) is 12.1 Å². The smallest absolute Gasteiger partial charge is 0.191 e. The van der Waals surface area contributed by atoms with Crippen LogP contribution in [0.1, 0.15) is 35.6 Å². The molecule has 3 rings (SSSR count). The first-order chi connectivity index (χ1) is 11.7. The molecule has 2 N–H and O–H groups in total. The van der Waals surface area contributed by atoms with E-state index in [1.165, 1.54) is 11.1 Å². The summed E-state index contributed by atoms with van der Waals surface area (Å²) in [6, 6.07) is 10.5. The number of aliphatic imine (C=N–C) groups is 1. The second-order valence-corrected chi connectivity index (χ2v) is 6.10. The van der Waals surface area contributed by atoms with Gasteiger partial charge in [-0.25, -0.2) is 0 Å². The van der Waals surface area contributed by atoms with Crippen LogP contribution in [0, 0.1) is 6.92 Å². The summed E-state index contributed by atoms with van der Waals surface area (Å²) in [7, 11) is 1.78. The van der Waals surface area contributed by atoms with E-state index in [1.807, 2.05) is 19.1 Å². The molecule has 0 amide bonds. The van der Waals surface area contributed by atoms with E-state index in [4.69, 9.17) is 9.15 Å². The zero-order chi connectivity index (χ0) is 16.9. The van der Waals surface area contributed by atoms with Crippen molar-refractivity contribution in [3.05, 3.63) is 53.0 Å². The minimum Gasteiger partial charge on any atom is -0.493 e. The predicted molar refractivity (Wildman–Crippen MR) is 95.7 cm³/mol. The van der Waals surface area contributed by atoms with Crippen LogP contribution in [0.25, 0.3) is 0 Å². The summed E-state index contributed by atoms with van der Waals surface area (Å²) in [6.07, 6.45) is 1.96. The zero-order valence-electron chi connectivity index (χ0n) is 14.6. The van der Waals surface area contributed by atoms with Gasteiger partial charge in [0.15, 0.2) is 5.96 Å². The monoisotopic (exact) mass is 327 g/mol. The van der Waals surface area contributed by atoms with Crippen molar-refractivity contribution in [2.45, 2.75) is 32.7 Å². The maximum atomic E-state index is 5.65. The van der Waals surface area contributed by atoms with Gasteiger partial charge in [0, 0.05) is 20.0 Å². The van der Waals surface area contributed by atoms with E-state index in [1.54, 1.807) is 7.05 Å². The Balaban J connectivity index is 1.49. The molecule has 0 bridgehead atoms. The van der Waals surface area contributed by atoms with Gasteiger partial charge in [0.2, 0.25) is 0 Å². The number of ether oxygens (including phenoxy) is 1. The van der Waals surface area contributed by atoms with Crippen LogP contribution in [0.2, 0.25) is 0 Å². The number of rotatable bonds is 5. The van der Waals surface area contributed by atoms with Gasteiger partial charge in [0.1, 0.15) is 17.3 Å². The number of aryl methyl sites for hydroxylation is 1. The van der Waals surface area contributed by atoms with Gasteiger partial charge >= 0.3 is 0 Å². The molecule has 5 nitrogen and oxygen atoms in total. The Labute approximate surface area is 143 Å². The molecule has 0 saturated carbocycles. The molecular weight excluding hydrogens is 302 g/mol. The van der Waals surface area contributed by atoms with Crippen molar-refractivity contribution in [2.75, 3.05) is 20.2 Å². The first-order valence-corrected chi connectivity index (χ1v) is 8.44. The summed E-state index contributed by atoms with van der Waals surface area (Å²) < 4.78 is 11.2. The predicted octanol–water partition coefficient (Wildman–Crippen LogP) is 2.99. The number of furan rings is 1. The van der Waals surface area contributed by atoms with Crippen molar-refractivity contribution < 1.29 is 9.15 Å². The van der Waals surface area contributed by atoms with Crippen LogP contribution < -0.4 is 15.4 Å². The molecule has 2 aromatic rings. The van der Waals surface area contributed by atoms with Crippen molar-refractivity contribution in [1.82, 2.24) is 10.6 Å². The van der Waals surface area contributed by atoms with Crippen LogP contribution in [-0.2, 0) is 12.8 Å². The summed E-state index contributed by atoms with van der Waals surface area (Å²) in [5.41, 5.74) is 2.63. The molecule has 0 radical (unpaired) electrons. The summed E-state index contributed by atoms with van der Waals surface area (Å²) in [6.45, 7) is 5.64. The van der Waals surface area contributed by atoms with Crippen LogP contribution in [0.4, 0.5) is 0 Å². The van der Waals surface area contributed by atoms with Crippen LogP contribution in [0.15, 0.2) is 39.7 Å². The summed E-state index contributed by atoms with van der Waals surface area (Å²) >= 11 is 0. The Morgan fingerprint density at radius 1 is 1.29 bits per heavy atom. The molecule has 0 unspecified atom stereocenters. The van der Waals surface area contributed by atoms with Gasteiger partial charge < -0.3 is 19.8 Å². The minimum absolute atomic E-state index is 0.0713. The van der Waals surface area contributed by atoms with E-state index in [-0.39, 0.29) is 6.04 Å². The fourth-order valence-electron chi connectivity index (χ4n) is 2.88. The largest absolute Gasteiger partial charge is 0.493 e. The van der Waals surface area contributed by atoms with E-state index in [2.05, 4.69) is 40.7 Å². The molecular formula is C19H25N3O2. The van der Waals surface area contributed by atoms with Crippen molar-refractivity contribution in [3.63, 3.8) is 0 Å². The topological polar surface area (TPSA) is 58.8 Å². The lowest BCUT2D eigenvalue weighted by molar-refractivity contribution is 0.357. The molecule has 1 aliphatic rings. The molecule has 1 aliphatic heterocycles. The number of hydrogen-bond acceptors (Lipinski definition) is 3. The third-order valence-electron chi connectivity index (χ3n) is 4.22. The number of guanidine groups is 1. The number of fused-ring (bicyclic) bond motifs is 1. The van der Waals surface area contributed by atoms with E-state index in [9.17, 15) is 0 Å². The van der Waals surface area contributed by atoms with Crippen molar-refractivity contribution in [3.8, 4) is 5.75 Å². The minimum atomic E-state index is 0.0713. The third-order valence-corrected chi connectivity index (χ3v) is 4.22. The van der Waals surface area contributed by atoms with E-state index in [0.29, 0.717) is 0 Å². The zero-order valence-corrected chi connectivity index (χ0v) is 14.6. The first-order valence-electron chi connectivity index (χ1n) is 8.44. The van der Waals surface area contributed by atoms with Gasteiger partial charge in [-0.15, -0.1) is 0 Å². The third kappa shape index (κ3) is 3.91. The maximum Gasteiger partial charge on any atom is 0.191 e. The molecule has 2 heterocycles. The van der Waals surface area contributed by atoms with Crippen LogP contribution in [0.3, 0.4) is 0 Å². The number of benzene rings is 1. The van der Waals surface area contributed by atoms with Crippen LogP contribution >= 0.6 is 0 Å². The van der Waals surface area contributed by atoms with Gasteiger partial charge in [-0.2, -0.15) is 0 Å². The van der Waals surface area contributed by atoms with Crippen LogP contribution in [0.5, 0.6) is 5.75 Å². The molecule has 0 saturated heterocycles. The number of nitrogens with one attached hydrogen (secondary N) is 2. The lowest BCUT2D eigenvalue weighted by Gasteiger charge is -2.16. The lowest BCUT2D eigenvalue weighted by atomic mass is 10.1. The SMILES string of the molecule is CN=C(NCCc1ccc2c(c1)CCO2)N[C@@H](C)c1ccc(C)o1. The van der Waals surface area contributed by atoms with Crippen molar-refractivity contribution in [2.24, 2.45) is 4.99 Å². The number of hydrogen-bond donors (Lipinski definition) is 2. The van der Waals surface area contributed by atoms with Crippen molar-refractivity contribution >= 4 is 5.96 Å². The fraction of sp³-hybridized carbons (Fsp3) is 0.421. The van der Waals surface area contributed by atoms with Gasteiger partial charge in [-0.3, -0.25) is 4.99 Å².